The fourth-order valence-corrected chi connectivity index (χ4v) is 9.28. The molecule has 1 spiro atoms. The molecule has 49 heavy (non-hydrogen) atoms. The van der Waals surface area contributed by atoms with E-state index in [1.807, 2.05) is 36.4 Å². The maximum Gasteiger partial charge on any atom is 0.331 e. The normalized spacial score (nSPS) is 35.0. The summed E-state index contributed by atoms with van der Waals surface area (Å²) in [5.74, 6) is -1.92. The van der Waals surface area contributed by atoms with Crippen molar-refractivity contribution in [3.8, 4) is 0 Å². The zero-order valence-electron chi connectivity index (χ0n) is 29.6. The van der Waals surface area contributed by atoms with Gasteiger partial charge in [-0.15, -0.1) is 0 Å². The lowest BCUT2D eigenvalue weighted by Crippen LogP contribution is -2.67. The average molecular weight is 674 g/mol. The van der Waals surface area contributed by atoms with Crippen LogP contribution in [-0.4, -0.2) is 69.9 Å². The first kappa shape index (κ1) is 34.0. The number of cyclic esters (lactones) is 1. The number of hydrogen-bond acceptors (Lipinski definition) is 8. The van der Waals surface area contributed by atoms with E-state index in [0.717, 1.165) is 35.6 Å². The number of rotatable bonds is 5. The predicted octanol–water partition coefficient (Wildman–Crippen LogP) is 5.69. The van der Waals surface area contributed by atoms with E-state index in [-0.39, 0.29) is 30.8 Å². The molecule has 0 radical (unpaired) electrons. The number of amides is 2. The first-order valence-electron chi connectivity index (χ1n) is 18.3. The summed E-state index contributed by atoms with van der Waals surface area (Å²) in [5.41, 5.74) is -1.33. The fraction of sp³-hybridized carbons (Fsp3) is 0.641. The van der Waals surface area contributed by atoms with E-state index in [4.69, 9.17) is 14.2 Å². The molecule has 0 bridgehead atoms. The van der Waals surface area contributed by atoms with Crippen molar-refractivity contribution >= 4 is 34.5 Å². The minimum atomic E-state index is -1.41. The highest BCUT2D eigenvalue weighted by atomic mass is 16.7. The summed E-state index contributed by atoms with van der Waals surface area (Å²) in [5, 5.41) is 8.57. The van der Waals surface area contributed by atoms with E-state index in [1.54, 1.807) is 20.8 Å². The van der Waals surface area contributed by atoms with Crippen molar-refractivity contribution in [2.45, 2.75) is 122 Å². The Hall–Kier alpha value is -3.50. The third kappa shape index (κ3) is 6.03. The number of fused-ring (bicyclic) bond motifs is 4. The summed E-state index contributed by atoms with van der Waals surface area (Å²) in [6, 6.07) is 12.6. The summed E-state index contributed by atoms with van der Waals surface area (Å²) in [6.45, 7) is 12.3. The lowest BCUT2D eigenvalue weighted by molar-refractivity contribution is -0.207. The molecular weight excluding hydrogens is 622 g/mol. The Kier molecular flexibility index (Phi) is 8.79. The Labute approximate surface area is 289 Å². The summed E-state index contributed by atoms with van der Waals surface area (Å²) < 4.78 is 18.9. The third-order valence-corrected chi connectivity index (χ3v) is 11.6. The second kappa shape index (κ2) is 12.7. The molecule has 0 aromatic heterocycles. The molecule has 2 aromatic carbocycles. The van der Waals surface area contributed by atoms with Crippen LogP contribution in [0.2, 0.25) is 0 Å². The van der Waals surface area contributed by atoms with Crippen LogP contribution < -0.4 is 5.32 Å². The molecule has 10 heteroatoms. The topological polar surface area (TPSA) is 114 Å². The number of esters is 2. The fourth-order valence-electron chi connectivity index (χ4n) is 9.28. The van der Waals surface area contributed by atoms with Crippen molar-refractivity contribution in [2.75, 3.05) is 6.54 Å². The summed E-state index contributed by atoms with van der Waals surface area (Å²) in [6.07, 6.45) is 3.01. The van der Waals surface area contributed by atoms with Gasteiger partial charge in [-0.25, -0.2) is 9.80 Å². The molecule has 5 fully saturated rings. The molecule has 2 aromatic rings. The minimum Gasteiger partial charge on any atom is -0.458 e. The molecule has 9 atom stereocenters. The third-order valence-electron chi connectivity index (χ3n) is 11.6. The van der Waals surface area contributed by atoms with E-state index in [1.165, 1.54) is 10.0 Å². The van der Waals surface area contributed by atoms with Crippen LogP contribution >= 0.6 is 0 Å². The van der Waals surface area contributed by atoms with E-state index in [9.17, 15) is 14.4 Å². The summed E-state index contributed by atoms with van der Waals surface area (Å²) in [4.78, 5) is 57.0. The van der Waals surface area contributed by atoms with Gasteiger partial charge in [-0.05, 0) is 93.0 Å². The Balaban J connectivity index is 1.33. The van der Waals surface area contributed by atoms with Gasteiger partial charge in [0, 0.05) is 19.0 Å². The maximum absolute atomic E-state index is 15.4. The molecule has 1 saturated carbocycles. The maximum atomic E-state index is 15.4. The number of benzene rings is 2. The van der Waals surface area contributed by atoms with Crippen LogP contribution in [0.5, 0.6) is 0 Å². The zero-order valence-corrected chi connectivity index (χ0v) is 29.6. The highest BCUT2D eigenvalue weighted by molar-refractivity contribution is 5.97. The summed E-state index contributed by atoms with van der Waals surface area (Å²) >= 11 is 0. The molecule has 10 nitrogen and oxygen atoms in total. The molecule has 4 saturated heterocycles. The molecule has 1 aliphatic carbocycles. The van der Waals surface area contributed by atoms with Crippen molar-refractivity contribution < 1.29 is 33.4 Å². The van der Waals surface area contributed by atoms with Gasteiger partial charge in [-0.2, -0.15) is 0 Å². The molecule has 7 rings (SSSR count). The van der Waals surface area contributed by atoms with Crippen LogP contribution in [0.15, 0.2) is 42.5 Å². The smallest absolute Gasteiger partial charge is 0.331 e. The standard InChI is InChI=1S/C39H51N3O7/c1-22(2)27-16-13-23(3)20-29(27)47-36-32-31(35(45)48-36)33(26-15-14-24-10-7-8-11-25(24)21-26)40-39(32)18-17-30(43)41-19-9-12-28(42(41)37(39)46)34(44)49-38(4,5)6/h7-8,10-11,14-15,21-23,27-29,31-33,36,40H,9,12-13,16-20H2,1-6H3/t23-,27+,28+,29-,31-,32-,33-,36-,39-/m1/s1. The van der Waals surface area contributed by atoms with Crippen molar-refractivity contribution in [1.29, 1.82) is 0 Å². The van der Waals surface area contributed by atoms with Crippen molar-refractivity contribution in [3.63, 3.8) is 0 Å². The number of carbonyl (C=O) groups is 4. The number of nitrogens with one attached hydrogen (secondary N) is 1. The van der Waals surface area contributed by atoms with Gasteiger partial charge >= 0.3 is 11.9 Å². The Morgan fingerprint density at radius 1 is 1.04 bits per heavy atom. The number of carbonyl (C=O) groups excluding carboxylic acids is 4. The molecule has 264 valence electrons. The van der Waals surface area contributed by atoms with Gasteiger partial charge < -0.3 is 14.2 Å². The lowest BCUT2D eigenvalue weighted by atomic mass is 9.74. The first-order valence-corrected chi connectivity index (χ1v) is 18.3. The molecule has 0 unspecified atom stereocenters. The van der Waals surface area contributed by atoms with Crippen molar-refractivity contribution in [1.82, 2.24) is 15.3 Å². The molecule has 2 amide bonds. The van der Waals surface area contributed by atoms with Crippen LogP contribution in [0.1, 0.15) is 98.1 Å². The summed E-state index contributed by atoms with van der Waals surface area (Å²) in [7, 11) is 0. The number of nitrogens with zero attached hydrogens (tertiary/aromatic N) is 2. The minimum absolute atomic E-state index is 0.0694. The SMILES string of the molecule is CC(C)[C@@H]1CC[C@@H](C)C[C@H]1O[C@@H]1OC(=O)[C@@H]2[C@H]1[C@@]1(CCC(=O)N3CCC[C@@H](C(=O)OC(C)(C)C)N3C1=O)N[C@@H]2c1ccc2ccccc2c1. The second-order valence-corrected chi connectivity index (χ2v) is 16.4. The van der Waals surface area contributed by atoms with Crippen molar-refractivity contribution in [2.24, 2.45) is 29.6 Å². The highest BCUT2D eigenvalue weighted by Crippen LogP contribution is 2.55. The van der Waals surface area contributed by atoms with Gasteiger partial charge in [0.2, 0.25) is 12.2 Å². The average Bonchev–Trinajstić information content (AvgIpc) is 3.54. The predicted molar refractivity (Wildman–Crippen MR) is 182 cm³/mol. The van der Waals surface area contributed by atoms with Crippen LogP contribution in [0.25, 0.3) is 10.8 Å². The van der Waals surface area contributed by atoms with Gasteiger partial charge in [0.1, 0.15) is 11.1 Å². The lowest BCUT2D eigenvalue weighted by Gasteiger charge is -2.46. The molecular formula is C39H51N3O7. The molecule has 5 aliphatic rings. The largest absolute Gasteiger partial charge is 0.458 e. The van der Waals surface area contributed by atoms with E-state index < -0.39 is 59.2 Å². The number of hydrogen-bond donors (Lipinski definition) is 1. The molecule has 4 heterocycles. The zero-order chi connectivity index (χ0) is 34.8. The van der Waals surface area contributed by atoms with Gasteiger partial charge in [-0.1, -0.05) is 63.6 Å². The number of ether oxygens (including phenoxy) is 3. The molecule has 1 N–H and O–H groups in total. The van der Waals surface area contributed by atoms with Crippen LogP contribution in [0.4, 0.5) is 0 Å². The van der Waals surface area contributed by atoms with Crippen LogP contribution in [-0.2, 0) is 33.4 Å². The first-order chi connectivity index (χ1) is 23.3. The Morgan fingerprint density at radius 3 is 2.53 bits per heavy atom. The monoisotopic (exact) mass is 673 g/mol. The Morgan fingerprint density at radius 2 is 1.80 bits per heavy atom. The van der Waals surface area contributed by atoms with Gasteiger partial charge in [0.15, 0.2) is 6.04 Å². The van der Waals surface area contributed by atoms with Gasteiger partial charge in [-0.3, -0.25) is 24.7 Å². The van der Waals surface area contributed by atoms with Crippen LogP contribution in [0, 0.1) is 29.6 Å². The second-order valence-electron chi connectivity index (χ2n) is 16.4. The highest BCUT2D eigenvalue weighted by Gasteiger charge is 2.70. The van der Waals surface area contributed by atoms with Gasteiger partial charge in [0.05, 0.1) is 17.9 Å². The number of hydrazine groups is 1. The van der Waals surface area contributed by atoms with Crippen LogP contribution in [0.3, 0.4) is 0 Å². The molecule has 4 aliphatic heterocycles. The van der Waals surface area contributed by atoms with Crippen molar-refractivity contribution in [3.05, 3.63) is 48.0 Å². The van der Waals surface area contributed by atoms with E-state index in [2.05, 4.69) is 32.2 Å². The van der Waals surface area contributed by atoms with Gasteiger partial charge in [0.25, 0.3) is 5.91 Å². The van der Waals surface area contributed by atoms with E-state index in [0.29, 0.717) is 31.2 Å². The van der Waals surface area contributed by atoms with E-state index >= 15 is 4.79 Å². The quantitative estimate of drug-likeness (QED) is 0.403. The Bertz CT molecular complexity index is 1640.